The quantitative estimate of drug-likeness (QED) is 0.0262. The summed E-state index contributed by atoms with van der Waals surface area (Å²) in [6.07, 6.45) is 53.1. The minimum atomic E-state index is -0.819. The van der Waals surface area contributed by atoms with Gasteiger partial charge in [0.15, 0.2) is 0 Å². The van der Waals surface area contributed by atoms with Gasteiger partial charge in [-0.3, -0.25) is 14.4 Å². The number of rotatable bonds is 52. The number of nitrogens with zero attached hydrogens (tertiary/aromatic N) is 1. The van der Waals surface area contributed by atoms with Crippen LogP contribution in [0.2, 0.25) is 0 Å². The summed E-state index contributed by atoms with van der Waals surface area (Å²) < 4.78 is 18.5. The molecule has 0 aliphatic rings. The van der Waals surface area contributed by atoms with E-state index in [0.717, 1.165) is 57.8 Å². The van der Waals surface area contributed by atoms with E-state index in [-0.39, 0.29) is 37.7 Å². The highest BCUT2D eigenvalue weighted by Crippen LogP contribution is 2.25. The lowest BCUT2D eigenvalue weighted by atomic mass is 9.89. The zero-order chi connectivity index (χ0) is 47.8. The van der Waals surface area contributed by atoms with E-state index in [9.17, 15) is 14.4 Å². The van der Waals surface area contributed by atoms with Crippen molar-refractivity contribution in [2.75, 3.05) is 47.5 Å². The molecule has 0 saturated carbocycles. The van der Waals surface area contributed by atoms with Crippen molar-refractivity contribution >= 4 is 17.9 Å². The zero-order valence-corrected chi connectivity index (χ0v) is 44.8. The molecule has 0 bridgehead atoms. The molecule has 0 fully saturated rings. The maximum Gasteiger partial charge on any atom is 0.305 e. The first-order valence-corrected chi connectivity index (χ1v) is 28.8. The molecule has 0 aromatic carbocycles. The second-order valence-electron chi connectivity index (χ2n) is 21.6. The summed E-state index contributed by atoms with van der Waals surface area (Å²) in [5.74, 6) is -0.662. The highest BCUT2D eigenvalue weighted by molar-refractivity contribution is 5.70. The molecule has 0 saturated heterocycles. The Hall–Kier alpha value is -1.63. The Kier molecular flexibility index (Phi) is 46.2. The van der Waals surface area contributed by atoms with E-state index < -0.39 is 5.41 Å². The fourth-order valence-electron chi connectivity index (χ4n) is 9.40. The molecule has 0 N–H and O–H groups in total. The van der Waals surface area contributed by atoms with Crippen LogP contribution in [0.5, 0.6) is 0 Å². The Bertz CT molecular complexity index is 994. The molecule has 65 heavy (non-hydrogen) atoms. The van der Waals surface area contributed by atoms with Crippen LogP contribution in [0, 0.1) is 5.41 Å². The first-order chi connectivity index (χ1) is 31.6. The smallest absolute Gasteiger partial charge is 0.305 e. The molecule has 0 spiro atoms. The lowest BCUT2D eigenvalue weighted by Crippen LogP contribution is -2.52. The van der Waals surface area contributed by atoms with Crippen molar-refractivity contribution in [3.8, 4) is 0 Å². The number of esters is 3. The monoisotopic (exact) mass is 921 g/mol. The topological polar surface area (TPSA) is 78.9 Å². The summed E-state index contributed by atoms with van der Waals surface area (Å²) in [5.41, 5.74) is -0.819. The second kappa shape index (κ2) is 47.4. The van der Waals surface area contributed by atoms with Crippen LogP contribution >= 0.6 is 0 Å². The SMILES string of the molecule is CCCCCCCCCCCCCCCCCC(=O)OCC(COC(=O)CCCCCCCCCCCCCCC)(COC(=O)CCCCCCCCCCCCCCC)C[N+](C)(C)C. The van der Waals surface area contributed by atoms with Crippen LogP contribution < -0.4 is 0 Å². The summed E-state index contributed by atoms with van der Waals surface area (Å²) in [4.78, 5) is 39.3. The lowest BCUT2D eigenvalue weighted by Gasteiger charge is -2.38. The van der Waals surface area contributed by atoms with E-state index in [0.29, 0.717) is 30.3 Å². The average molecular weight is 922 g/mol. The highest BCUT2D eigenvalue weighted by Gasteiger charge is 2.41. The molecule has 0 atom stereocenters. The Morgan fingerprint density at radius 2 is 0.462 bits per heavy atom. The molecule has 0 rings (SSSR count). The van der Waals surface area contributed by atoms with E-state index in [2.05, 4.69) is 41.9 Å². The van der Waals surface area contributed by atoms with Gasteiger partial charge in [0.25, 0.3) is 0 Å². The van der Waals surface area contributed by atoms with Gasteiger partial charge in [0.1, 0.15) is 25.2 Å². The van der Waals surface area contributed by atoms with Crippen molar-refractivity contribution < 1.29 is 33.1 Å². The molecule has 0 amide bonds. The minimum Gasteiger partial charge on any atom is -0.465 e. The Balaban J connectivity index is 4.87. The van der Waals surface area contributed by atoms with Crippen LogP contribution in [-0.4, -0.2) is 69.9 Å². The maximum absolute atomic E-state index is 13.1. The first-order valence-electron chi connectivity index (χ1n) is 28.8. The van der Waals surface area contributed by atoms with Gasteiger partial charge in [-0.2, -0.15) is 0 Å². The average Bonchev–Trinajstić information content (AvgIpc) is 3.28. The number of hydrogen-bond donors (Lipinski definition) is 0. The van der Waals surface area contributed by atoms with E-state index in [4.69, 9.17) is 14.2 Å². The molecule has 0 heterocycles. The summed E-state index contributed by atoms with van der Waals surface area (Å²) in [6.45, 7) is 7.56. The highest BCUT2D eigenvalue weighted by atomic mass is 16.6. The molecule has 0 radical (unpaired) electrons. The molecule has 0 aromatic heterocycles. The van der Waals surface area contributed by atoms with Crippen LogP contribution in [0.1, 0.15) is 303 Å². The third-order valence-corrected chi connectivity index (χ3v) is 13.4. The number of ether oxygens (including phenoxy) is 3. The molecule has 0 aliphatic heterocycles. The van der Waals surface area contributed by atoms with Crippen molar-refractivity contribution in [2.24, 2.45) is 5.41 Å². The first kappa shape index (κ1) is 63.4. The standard InChI is InChI=1S/C58H114NO6/c1-7-10-13-16-19-22-25-28-29-32-35-38-41-44-47-50-57(62)65-54-58(51-59(4,5)6,52-63-55(60)48-45-42-39-36-33-30-26-23-20-17-14-11-8-2)53-64-56(61)49-46-43-40-37-34-31-27-24-21-18-15-12-9-3/h7-54H2,1-6H3/q+1. The van der Waals surface area contributed by atoms with Gasteiger partial charge < -0.3 is 18.7 Å². The van der Waals surface area contributed by atoms with Gasteiger partial charge in [-0.25, -0.2) is 0 Å². The number of unbranched alkanes of at least 4 members (excludes halogenated alkanes) is 38. The number of carbonyl (C=O) groups excluding carboxylic acids is 3. The van der Waals surface area contributed by atoms with E-state index in [1.807, 2.05) is 0 Å². The fraction of sp³-hybridized carbons (Fsp3) is 0.948. The second-order valence-corrected chi connectivity index (χ2v) is 21.6. The van der Waals surface area contributed by atoms with Crippen molar-refractivity contribution in [1.29, 1.82) is 0 Å². The zero-order valence-electron chi connectivity index (χ0n) is 44.8. The predicted molar refractivity (Wildman–Crippen MR) is 278 cm³/mol. The maximum atomic E-state index is 13.1. The van der Waals surface area contributed by atoms with Gasteiger partial charge in [-0.05, 0) is 19.3 Å². The van der Waals surface area contributed by atoms with Crippen molar-refractivity contribution in [2.45, 2.75) is 303 Å². The summed E-state index contributed by atoms with van der Waals surface area (Å²) >= 11 is 0. The number of carbonyl (C=O) groups is 3. The minimum absolute atomic E-state index is 0.0675. The van der Waals surface area contributed by atoms with Gasteiger partial charge in [0.2, 0.25) is 0 Å². The Morgan fingerprint density at radius 1 is 0.292 bits per heavy atom. The van der Waals surface area contributed by atoms with Crippen molar-refractivity contribution in [1.82, 2.24) is 0 Å². The van der Waals surface area contributed by atoms with E-state index in [1.165, 1.54) is 205 Å². The molecular formula is C58H114NO6+. The van der Waals surface area contributed by atoms with E-state index in [1.54, 1.807) is 0 Å². The molecule has 0 unspecified atom stereocenters. The molecule has 0 aliphatic carbocycles. The third-order valence-electron chi connectivity index (χ3n) is 13.4. The van der Waals surface area contributed by atoms with Crippen LogP contribution in [0.4, 0.5) is 0 Å². The third kappa shape index (κ3) is 47.2. The van der Waals surface area contributed by atoms with Crippen LogP contribution in [0.25, 0.3) is 0 Å². The normalized spacial score (nSPS) is 11.9. The summed E-state index contributed by atoms with van der Waals surface area (Å²) in [5, 5.41) is 0. The van der Waals surface area contributed by atoms with Crippen molar-refractivity contribution in [3.05, 3.63) is 0 Å². The molecule has 0 aromatic rings. The lowest BCUT2D eigenvalue weighted by molar-refractivity contribution is -0.877. The van der Waals surface area contributed by atoms with E-state index >= 15 is 0 Å². The fourth-order valence-corrected chi connectivity index (χ4v) is 9.40. The van der Waals surface area contributed by atoms with Crippen LogP contribution in [0.15, 0.2) is 0 Å². The molecular weight excluding hydrogens is 807 g/mol. The van der Waals surface area contributed by atoms with Crippen LogP contribution in [-0.2, 0) is 28.6 Å². The molecule has 386 valence electrons. The Morgan fingerprint density at radius 3 is 0.631 bits per heavy atom. The Labute approximate surface area is 405 Å². The number of hydrogen-bond acceptors (Lipinski definition) is 6. The predicted octanol–water partition coefficient (Wildman–Crippen LogP) is 17.5. The summed E-state index contributed by atoms with van der Waals surface area (Å²) in [7, 11) is 6.24. The largest absolute Gasteiger partial charge is 0.465 e. The molecule has 7 heteroatoms. The van der Waals surface area contributed by atoms with Gasteiger partial charge in [-0.15, -0.1) is 0 Å². The van der Waals surface area contributed by atoms with Gasteiger partial charge >= 0.3 is 17.9 Å². The van der Waals surface area contributed by atoms with Gasteiger partial charge in [0.05, 0.1) is 27.7 Å². The number of quaternary nitrogens is 1. The van der Waals surface area contributed by atoms with Crippen LogP contribution in [0.3, 0.4) is 0 Å². The van der Waals surface area contributed by atoms with Crippen molar-refractivity contribution in [3.63, 3.8) is 0 Å². The van der Waals surface area contributed by atoms with Gasteiger partial charge in [0, 0.05) is 19.3 Å². The molecule has 7 nitrogen and oxygen atoms in total. The van der Waals surface area contributed by atoms with Gasteiger partial charge in [-0.1, -0.05) is 265 Å². The summed E-state index contributed by atoms with van der Waals surface area (Å²) in [6, 6.07) is 0.